The van der Waals surface area contributed by atoms with Crippen molar-refractivity contribution in [3.8, 4) is 6.07 Å². The molecule has 5 rings (SSSR count). The second kappa shape index (κ2) is 7.87. The number of rotatable bonds is 5. The van der Waals surface area contributed by atoms with E-state index in [0.717, 1.165) is 43.3 Å². The van der Waals surface area contributed by atoms with E-state index in [2.05, 4.69) is 25.8 Å². The molecule has 2 fully saturated rings. The van der Waals surface area contributed by atoms with Gasteiger partial charge < -0.3 is 18.7 Å². The van der Waals surface area contributed by atoms with Crippen molar-refractivity contribution in [3.63, 3.8) is 0 Å². The van der Waals surface area contributed by atoms with Gasteiger partial charge in [0.1, 0.15) is 5.60 Å². The predicted molar refractivity (Wildman–Crippen MR) is 119 cm³/mol. The van der Waals surface area contributed by atoms with Gasteiger partial charge in [0, 0.05) is 13.1 Å². The molecule has 9 heteroatoms. The number of carbonyl (C=O) groups is 1. The zero-order valence-corrected chi connectivity index (χ0v) is 19.2. The zero-order valence-electron chi connectivity index (χ0n) is 19.2. The lowest BCUT2D eigenvalue weighted by Gasteiger charge is -2.36. The molecule has 3 heterocycles. The van der Waals surface area contributed by atoms with Crippen LogP contribution in [0.5, 0.6) is 0 Å². The molecule has 9 nitrogen and oxygen atoms in total. The lowest BCUT2D eigenvalue weighted by Crippen LogP contribution is -2.43. The number of amides is 1. The Bertz CT molecular complexity index is 1240. The lowest BCUT2D eigenvalue weighted by molar-refractivity contribution is 0.00413. The van der Waals surface area contributed by atoms with Crippen molar-refractivity contribution < 1.29 is 14.1 Å². The van der Waals surface area contributed by atoms with Crippen LogP contribution in [0.1, 0.15) is 56.8 Å². The highest BCUT2D eigenvalue weighted by atomic mass is 16.6. The molecule has 1 spiro atoms. The van der Waals surface area contributed by atoms with Gasteiger partial charge in [0.05, 0.1) is 41.0 Å². The average Bonchev–Trinajstić information content (AvgIpc) is 3.46. The van der Waals surface area contributed by atoms with Crippen molar-refractivity contribution in [3.05, 3.63) is 41.8 Å². The Kier molecular flexibility index (Phi) is 5.11. The summed E-state index contributed by atoms with van der Waals surface area (Å²) in [5, 5.41) is 13.1. The quantitative estimate of drug-likeness (QED) is 0.581. The van der Waals surface area contributed by atoms with Crippen LogP contribution < -0.4 is 0 Å². The van der Waals surface area contributed by atoms with E-state index in [1.807, 2.05) is 32.3 Å². The molecule has 1 aromatic carbocycles. The second-order valence-corrected chi connectivity index (χ2v) is 10.1. The maximum Gasteiger partial charge on any atom is 0.410 e. The Balaban J connectivity index is 1.29. The van der Waals surface area contributed by atoms with Gasteiger partial charge in [0.2, 0.25) is 5.89 Å². The fraction of sp³-hybridized carbons (Fsp3) is 0.542. The molecule has 1 saturated heterocycles. The average molecular weight is 449 g/mol. The molecule has 1 aliphatic heterocycles. The van der Waals surface area contributed by atoms with Crippen LogP contribution >= 0.6 is 0 Å². The molecule has 33 heavy (non-hydrogen) atoms. The molecule has 1 saturated carbocycles. The number of imidazole rings is 1. The van der Waals surface area contributed by atoms with Crippen LogP contribution in [0.4, 0.5) is 4.79 Å². The number of hydrogen-bond donors (Lipinski definition) is 0. The number of benzene rings is 1. The Morgan fingerprint density at radius 1 is 1.36 bits per heavy atom. The standard InChI is InChI=1S/C24H28N6O3/c1-16-27-21(33-28-16)23(2,3)13-30-14-24(32-22(30)31)8-4-5-18(10-24)12-29-15-26-19-7-6-17(11-25)9-20(19)29/h6-7,9,15,18H,4-5,8,10,12-14H2,1-3H3. The summed E-state index contributed by atoms with van der Waals surface area (Å²) in [4.78, 5) is 23.5. The molecule has 1 aliphatic carbocycles. The minimum atomic E-state index is -0.464. The first-order chi connectivity index (χ1) is 15.8. The Labute approximate surface area is 192 Å². The molecule has 3 aromatic rings. The van der Waals surface area contributed by atoms with Crippen LogP contribution in [0, 0.1) is 24.2 Å². The molecule has 1 amide bonds. The summed E-state index contributed by atoms with van der Waals surface area (Å²) < 4.78 is 13.5. The predicted octanol–water partition coefficient (Wildman–Crippen LogP) is 3.96. The Morgan fingerprint density at radius 3 is 2.97 bits per heavy atom. The van der Waals surface area contributed by atoms with Gasteiger partial charge in [-0.1, -0.05) is 5.16 Å². The number of fused-ring (bicyclic) bond motifs is 1. The molecule has 2 aliphatic rings. The van der Waals surface area contributed by atoms with Crippen LogP contribution in [0.15, 0.2) is 29.0 Å². The molecule has 0 radical (unpaired) electrons. The van der Waals surface area contributed by atoms with E-state index in [9.17, 15) is 10.1 Å². The first-order valence-electron chi connectivity index (χ1n) is 11.4. The van der Waals surface area contributed by atoms with E-state index in [1.54, 1.807) is 17.9 Å². The van der Waals surface area contributed by atoms with E-state index >= 15 is 0 Å². The number of aryl methyl sites for hydroxylation is 1. The number of carbonyl (C=O) groups excluding carboxylic acids is 1. The molecular formula is C24H28N6O3. The number of aromatic nitrogens is 4. The smallest absolute Gasteiger partial charge is 0.410 e. The van der Waals surface area contributed by atoms with Gasteiger partial charge in [0.25, 0.3) is 0 Å². The monoisotopic (exact) mass is 448 g/mol. The van der Waals surface area contributed by atoms with Gasteiger partial charge >= 0.3 is 6.09 Å². The highest BCUT2D eigenvalue weighted by Crippen LogP contribution is 2.41. The third-order valence-corrected chi connectivity index (χ3v) is 6.84. The van der Waals surface area contributed by atoms with Crippen LogP contribution in [-0.2, 0) is 16.7 Å². The third kappa shape index (κ3) is 4.06. The molecular weight excluding hydrogens is 420 g/mol. The largest absolute Gasteiger partial charge is 0.441 e. The fourth-order valence-corrected chi connectivity index (χ4v) is 5.32. The van der Waals surface area contributed by atoms with E-state index in [1.165, 1.54) is 0 Å². The van der Waals surface area contributed by atoms with Crippen molar-refractivity contribution in [2.24, 2.45) is 5.92 Å². The second-order valence-electron chi connectivity index (χ2n) is 10.1. The number of nitriles is 1. The van der Waals surface area contributed by atoms with Crippen LogP contribution in [0.3, 0.4) is 0 Å². The lowest BCUT2D eigenvalue weighted by atomic mass is 9.77. The molecule has 0 bridgehead atoms. The summed E-state index contributed by atoms with van der Waals surface area (Å²) in [5.41, 5.74) is 1.55. The van der Waals surface area contributed by atoms with Gasteiger partial charge in [-0.05, 0) is 70.6 Å². The summed E-state index contributed by atoms with van der Waals surface area (Å²) in [5.74, 6) is 1.47. The van der Waals surface area contributed by atoms with E-state index in [-0.39, 0.29) is 6.09 Å². The highest BCUT2D eigenvalue weighted by Gasteiger charge is 2.49. The minimum Gasteiger partial charge on any atom is -0.441 e. The molecule has 172 valence electrons. The van der Waals surface area contributed by atoms with Crippen molar-refractivity contribution in [1.82, 2.24) is 24.6 Å². The Morgan fingerprint density at radius 2 is 2.21 bits per heavy atom. The number of ether oxygens (including phenoxy) is 1. The summed E-state index contributed by atoms with van der Waals surface area (Å²) in [6.45, 7) is 7.61. The zero-order chi connectivity index (χ0) is 23.2. The molecule has 0 N–H and O–H groups in total. The maximum absolute atomic E-state index is 12.8. The Hall–Kier alpha value is -3.41. The van der Waals surface area contributed by atoms with E-state index in [4.69, 9.17) is 9.26 Å². The first-order valence-corrected chi connectivity index (χ1v) is 11.4. The SMILES string of the molecule is Cc1noc(C(C)(C)CN2CC3(CCCC(Cn4cnc5ccc(C#N)cc54)C3)OC2=O)n1. The fourth-order valence-electron chi connectivity index (χ4n) is 5.32. The molecule has 2 aromatic heterocycles. The van der Waals surface area contributed by atoms with E-state index in [0.29, 0.717) is 36.3 Å². The van der Waals surface area contributed by atoms with Crippen molar-refractivity contribution in [1.29, 1.82) is 5.26 Å². The van der Waals surface area contributed by atoms with E-state index < -0.39 is 11.0 Å². The maximum atomic E-state index is 12.8. The summed E-state index contributed by atoms with van der Waals surface area (Å²) in [7, 11) is 0. The first kappa shape index (κ1) is 21.4. The molecule has 2 atom stereocenters. The van der Waals surface area contributed by atoms with Gasteiger partial charge in [-0.2, -0.15) is 10.2 Å². The summed E-state index contributed by atoms with van der Waals surface area (Å²) in [6, 6.07) is 7.77. The van der Waals surface area contributed by atoms with Gasteiger partial charge in [-0.25, -0.2) is 9.78 Å². The highest BCUT2D eigenvalue weighted by molar-refractivity contribution is 5.77. The number of nitrogens with zero attached hydrogens (tertiary/aromatic N) is 6. The van der Waals surface area contributed by atoms with Crippen molar-refractivity contribution in [2.75, 3.05) is 13.1 Å². The van der Waals surface area contributed by atoms with Gasteiger partial charge in [0.15, 0.2) is 5.82 Å². The van der Waals surface area contributed by atoms with Crippen LogP contribution in [0.2, 0.25) is 0 Å². The normalized spacial score (nSPS) is 23.3. The van der Waals surface area contributed by atoms with Gasteiger partial charge in [-0.3, -0.25) is 0 Å². The van der Waals surface area contributed by atoms with Crippen molar-refractivity contribution >= 4 is 17.1 Å². The topological polar surface area (TPSA) is 110 Å². The minimum absolute atomic E-state index is 0.272. The van der Waals surface area contributed by atoms with Crippen molar-refractivity contribution in [2.45, 2.75) is 64.0 Å². The summed E-state index contributed by atoms with van der Waals surface area (Å²) >= 11 is 0. The van der Waals surface area contributed by atoms with Gasteiger partial charge in [-0.15, -0.1) is 0 Å². The summed E-state index contributed by atoms with van der Waals surface area (Å²) in [6.07, 6.45) is 5.33. The third-order valence-electron chi connectivity index (χ3n) is 6.84. The van der Waals surface area contributed by atoms with Crippen LogP contribution in [-0.4, -0.2) is 49.4 Å². The van der Waals surface area contributed by atoms with Crippen LogP contribution in [0.25, 0.3) is 11.0 Å². The number of hydrogen-bond acceptors (Lipinski definition) is 7. The molecule has 2 unspecified atom stereocenters.